The van der Waals surface area contributed by atoms with Crippen LogP contribution in [0.1, 0.15) is 6.92 Å². The summed E-state index contributed by atoms with van der Waals surface area (Å²) in [5.74, 6) is -1.52. The summed E-state index contributed by atoms with van der Waals surface area (Å²) in [7, 11) is -3.37. The number of ether oxygens (including phenoxy) is 1. The molecule has 0 bridgehead atoms. The standard InChI is InChI=1S/C12H15NO6S/c1-8(14)13-11(12(15)16)7-19-9-4-3-5-10(6-9)20(2,17)18/h3-6,11H,7H2,1-2H3,(H,13,14)(H,15,16). The number of hydrogen-bond acceptors (Lipinski definition) is 5. The van der Waals surface area contributed by atoms with E-state index < -0.39 is 27.8 Å². The highest BCUT2D eigenvalue weighted by Crippen LogP contribution is 2.17. The molecule has 2 N–H and O–H groups in total. The molecule has 8 heteroatoms. The zero-order chi connectivity index (χ0) is 15.3. The molecule has 1 amide bonds. The van der Waals surface area contributed by atoms with Gasteiger partial charge in [0.1, 0.15) is 12.4 Å². The van der Waals surface area contributed by atoms with E-state index >= 15 is 0 Å². The summed E-state index contributed by atoms with van der Waals surface area (Å²) in [5, 5.41) is 11.1. The van der Waals surface area contributed by atoms with Gasteiger partial charge in [0, 0.05) is 13.2 Å². The molecular formula is C12H15NO6S. The summed E-state index contributed by atoms with van der Waals surface area (Å²) in [6.45, 7) is 0.891. The van der Waals surface area contributed by atoms with E-state index in [1.165, 1.54) is 31.2 Å². The molecule has 0 saturated carbocycles. The quantitative estimate of drug-likeness (QED) is 0.768. The van der Waals surface area contributed by atoms with Crippen molar-refractivity contribution in [2.45, 2.75) is 17.9 Å². The van der Waals surface area contributed by atoms with Crippen molar-refractivity contribution < 1.29 is 27.9 Å². The number of hydrogen-bond donors (Lipinski definition) is 2. The number of sulfone groups is 1. The highest BCUT2D eigenvalue weighted by Gasteiger charge is 2.19. The van der Waals surface area contributed by atoms with Crippen molar-refractivity contribution in [1.82, 2.24) is 5.32 Å². The average Bonchev–Trinajstić information content (AvgIpc) is 2.33. The molecule has 1 unspecified atom stereocenters. The van der Waals surface area contributed by atoms with Crippen molar-refractivity contribution >= 4 is 21.7 Å². The molecule has 110 valence electrons. The maximum Gasteiger partial charge on any atom is 0.329 e. The topological polar surface area (TPSA) is 110 Å². The minimum absolute atomic E-state index is 0.0707. The van der Waals surface area contributed by atoms with Gasteiger partial charge in [0.2, 0.25) is 5.91 Å². The van der Waals surface area contributed by atoms with Crippen LogP contribution in [0.2, 0.25) is 0 Å². The largest absolute Gasteiger partial charge is 0.491 e. The zero-order valence-electron chi connectivity index (χ0n) is 11.0. The first kappa shape index (κ1) is 16.0. The Balaban J connectivity index is 2.78. The lowest BCUT2D eigenvalue weighted by molar-refractivity contribution is -0.142. The average molecular weight is 301 g/mol. The van der Waals surface area contributed by atoms with Crippen LogP contribution in [-0.4, -0.2) is 44.3 Å². The second kappa shape index (κ2) is 6.38. The predicted molar refractivity (Wildman–Crippen MR) is 70.3 cm³/mol. The van der Waals surface area contributed by atoms with Gasteiger partial charge in [-0.2, -0.15) is 0 Å². The minimum Gasteiger partial charge on any atom is -0.491 e. The second-order valence-electron chi connectivity index (χ2n) is 4.15. The second-order valence-corrected chi connectivity index (χ2v) is 6.17. The highest BCUT2D eigenvalue weighted by atomic mass is 32.2. The monoisotopic (exact) mass is 301 g/mol. The maximum absolute atomic E-state index is 11.4. The van der Waals surface area contributed by atoms with E-state index in [0.717, 1.165) is 6.26 Å². The van der Waals surface area contributed by atoms with Gasteiger partial charge in [-0.1, -0.05) is 6.07 Å². The Labute approximate surface area is 116 Å². The number of carboxylic acids is 1. The van der Waals surface area contributed by atoms with Gasteiger partial charge in [0.25, 0.3) is 0 Å². The van der Waals surface area contributed by atoms with Crippen molar-refractivity contribution in [2.75, 3.05) is 12.9 Å². The maximum atomic E-state index is 11.4. The van der Waals surface area contributed by atoms with E-state index in [9.17, 15) is 18.0 Å². The van der Waals surface area contributed by atoms with Gasteiger partial charge in [0.05, 0.1) is 4.90 Å². The number of benzene rings is 1. The number of carbonyl (C=O) groups excluding carboxylic acids is 1. The summed E-state index contributed by atoms with van der Waals surface area (Å²) < 4.78 is 27.9. The molecule has 0 aliphatic rings. The van der Waals surface area contributed by atoms with Crippen LogP contribution in [0.5, 0.6) is 5.75 Å². The number of aliphatic carboxylic acids is 1. The van der Waals surface area contributed by atoms with Gasteiger partial charge in [-0.15, -0.1) is 0 Å². The summed E-state index contributed by atoms with van der Waals surface area (Å²) in [4.78, 5) is 21.8. The fraction of sp³-hybridized carbons (Fsp3) is 0.333. The van der Waals surface area contributed by atoms with Gasteiger partial charge in [-0.3, -0.25) is 4.79 Å². The fourth-order valence-electron chi connectivity index (χ4n) is 1.39. The summed E-state index contributed by atoms with van der Waals surface area (Å²) in [5.41, 5.74) is 0. The first-order valence-corrected chi connectivity index (χ1v) is 7.52. The van der Waals surface area contributed by atoms with Crippen molar-refractivity contribution in [1.29, 1.82) is 0 Å². The summed E-state index contributed by atoms with van der Waals surface area (Å²) in [6, 6.07) is 4.49. The van der Waals surface area contributed by atoms with Crippen LogP contribution in [0.3, 0.4) is 0 Å². The molecule has 0 fully saturated rings. The van der Waals surface area contributed by atoms with Crippen LogP contribution < -0.4 is 10.1 Å². The van der Waals surface area contributed by atoms with Gasteiger partial charge >= 0.3 is 5.97 Å². The third-order valence-electron chi connectivity index (χ3n) is 2.33. The van der Waals surface area contributed by atoms with E-state index in [0.29, 0.717) is 0 Å². The number of carbonyl (C=O) groups is 2. The van der Waals surface area contributed by atoms with Crippen LogP contribution in [0.15, 0.2) is 29.2 Å². The van der Waals surface area contributed by atoms with Gasteiger partial charge < -0.3 is 15.2 Å². The Morgan fingerprint density at radius 2 is 2.05 bits per heavy atom. The molecule has 0 aliphatic heterocycles. The molecule has 1 atom stereocenters. The molecule has 1 aromatic rings. The lowest BCUT2D eigenvalue weighted by Gasteiger charge is -2.14. The smallest absolute Gasteiger partial charge is 0.329 e. The van der Waals surface area contributed by atoms with E-state index in [1.54, 1.807) is 0 Å². The van der Waals surface area contributed by atoms with Gasteiger partial charge in [-0.05, 0) is 18.2 Å². The van der Waals surface area contributed by atoms with Crippen LogP contribution in [0, 0.1) is 0 Å². The molecule has 0 spiro atoms. The summed E-state index contributed by atoms with van der Waals surface area (Å²) >= 11 is 0. The number of rotatable bonds is 6. The van der Waals surface area contributed by atoms with Crippen molar-refractivity contribution in [3.8, 4) is 5.75 Å². The summed E-state index contributed by atoms with van der Waals surface area (Å²) in [6.07, 6.45) is 1.06. The van der Waals surface area contributed by atoms with Crippen LogP contribution in [-0.2, 0) is 19.4 Å². The molecule has 0 aliphatic carbocycles. The Hall–Kier alpha value is -2.09. The third-order valence-corrected chi connectivity index (χ3v) is 3.44. The van der Waals surface area contributed by atoms with Crippen LogP contribution in [0.25, 0.3) is 0 Å². The number of carboxylic acid groups (broad SMARTS) is 1. The fourth-order valence-corrected chi connectivity index (χ4v) is 2.05. The lowest BCUT2D eigenvalue weighted by atomic mass is 10.3. The molecule has 20 heavy (non-hydrogen) atoms. The van der Waals surface area contributed by atoms with Crippen molar-refractivity contribution in [3.05, 3.63) is 24.3 Å². The first-order valence-electron chi connectivity index (χ1n) is 5.63. The van der Waals surface area contributed by atoms with Crippen molar-refractivity contribution in [2.24, 2.45) is 0 Å². The number of amides is 1. The van der Waals surface area contributed by atoms with Crippen molar-refractivity contribution in [3.63, 3.8) is 0 Å². The zero-order valence-corrected chi connectivity index (χ0v) is 11.8. The highest BCUT2D eigenvalue weighted by molar-refractivity contribution is 7.90. The van der Waals surface area contributed by atoms with Crippen LogP contribution >= 0.6 is 0 Å². The molecule has 7 nitrogen and oxygen atoms in total. The number of nitrogens with one attached hydrogen (secondary N) is 1. The molecule has 1 rings (SSSR count). The molecule has 0 heterocycles. The predicted octanol–water partition coefficient (Wildman–Crippen LogP) is 0.0582. The normalized spacial score (nSPS) is 12.5. The molecule has 0 saturated heterocycles. The Bertz CT molecular complexity index is 610. The third kappa shape index (κ3) is 4.88. The molecule has 0 radical (unpaired) electrons. The van der Waals surface area contributed by atoms with Gasteiger partial charge in [0.15, 0.2) is 15.9 Å². The Morgan fingerprint density at radius 3 is 2.55 bits per heavy atom. The molecule has 1 aromatic carbocycles. The van der Waals surface area contributed by atoms with Crippen LogP contribution in [0.4, 0.5) is 0 Å². The van der Waals surface area contributed by atoms with Gasteiger partial charge in [-0.25, -0.2) is 13.2 Å². The molecular weight excluding hydrogens is 286 g/mol. The lowest BCUT2D eigenvalue weighted by Crippen LogP contribution is -2.43. The van der Waals surface area contributed by atoms with E-state index in [1.807, 2.05) is 0 Å². The SMILES string of the molecule is CC(=O)NC(COc1cccc(S(C)(=O)=O)c1)C(=O)O. The first-order chi connectivity index (χ1) is 9.20. The Kier molecular flexibility index (Phi) is 5.09. The van der Waals surface area contributed by atoms with E-state index in [4.69, 9.17) is 9.84 Å². The van der Waals surface area contributed by atoms with E-state index in [-0.39, 0.29) is 17.3 Å². The molecule has 0 aromatic heterocycles. The minimum atomic E-state index is -3.37. The van der Waals surface area contributed by atoms with E-state index in [2.05, 4.69) is 5.32 Å². The Morgan fingerprint density at radius 1 is 1.40 bits per heavy atom.